The maximum atomic E-state index is 12.0. The van der Waals surface area contributed by atoms with E-state index in [1.807, 2.05) is 0 Å². The summed E-state index contributed by atoms with van der Waals surface area (Å²) in [5.41, 5.74) is 0. The van der Waals surface area contributed by atoms with Gasteiger partial charge in [-0.1, -0.05) is 16.7 Å². The van der Waals surface area contributed by atoms with Gasteiger partial charge >= 0.3 is 6.01 Å². The highest BCUT2D eigenvalue weighted by Gasteiger charge is 2.31. The van der Waals surface area contributed by atoms with Crippen molar-refractivity contribution in [2.24, 2.45) is 7.05 Å². The van der Waals surface area contributed by atoms with Gasteiger partial charge in [0.05, 0.1) is 6.33 Å². The average molecular weight is 304 g/mol. The van der Waals surface area contributed by atoms with Gasteiger partial charge in [-0.25, -0.2) is 9.71 Å². The minimum atomic E-state index is -3.93. The molecule has 0 aromatic carbocycles. The van der Waals surface area contributed by atoms with Crippen molar-refractivity contribution < 1.29 is 12.8 Å². The smallest absolute Gasteiger partial charge is 0.329 e. The van der Waals surface area contributed by atoms with Crippen LogP contribution >= 0.6 is 11.6 Å². The molecule has 0 saturated heterocycles. The summed E-state index contributed by atoms with van der Waals surface area (Å²) >= 11 is 5.84. The van der Waals surface area contributed by atoms with Gasteiger partial charge in [0, 0.05) is 13.0 Å². The molecule has 1 N–H and O–H groups in total. The number of nitrogens with zero attached hydrogens (tertiary/aromatic N) is 4. The molecule has 0 amide bonds. The first-order valence-electron chi connectivity index (χ1n) is 5.50. The Hall–Kier alpha value is -1.61. The Morgan fingerprint density at radius 2 is 2.21 bits per heavy atom. The first kappa shape index (κ1) is 12.4. The number of hydrogen-bond acceptors (Lipinski definition) is 6. The molecule has 1 fully saturated rings. The molecule has 8 nitrogen and oxygen atoms in total. The van der Waals surface area contributed by atoms with Crippen LogP contribution in [0.5, 0.6) is 0 Å². The molecule has 0 aliphatic heterocycles. The van der Waals surface area contributed by atoms with Crippen LogP contribution in [-0.4, -0.2) is 28.2 Å². The molecular formula is C9H10ClN5O3S. The molecule has 0 radical (unpaired) electrons. The summed E-state index contributed by atoms with van der Waals surface area (Å²) in [7, 11) is -2.34. The second-order valence-electron chi connectivity index (χ2n) is 4.28. The Kier molecular flexibility index (Phi) is 2.75. The number of aromatic nitrogens is 4. The van der Waals surface area contributed by atoms with Crippen molar-refractivity contribution in [3.63, 3.8) is 0 Å². The zero-order valence-electron chi connectivity index (χ0n) is 9.87. The van der Waals surface area contributed by atoms with Crippen molar-refractivity contribution in [3.05, 3.63) is 17.4 Å². The molecule has 102 valence electrons. The maximum Gasteiger partial charge on any atom is 0.329 e. The van der Waals surface area contributed by atoms with Gasteiger partial charge in [-0.2, -0.15) is 8.42 Å². The van der Waals surface area contributed by atoms with Gasteiger partial charge in [-0.3, -0.25) is 0 Å². The SMILES string of the molecule is Cn1cnc(S(=O)(=O)Nc2nnc(C3CC3)o2)c1Cl. The molecule has 3 rings (SSSR count). The average Bonchev–Trinajstić information content (AvgIpc) is 3.01. The van der Waals surface area contributed by atoms with E-state index in [0.717, 1.165) is 12.8 Å². The normalized spacial score (nSPS) is 15.7. The van der Waals surface area contributed by atoms with Crippen molar-refractivity contribution in [2.45, 2.75) is 23.8 Å². The number of aryl methyl sites for hydroxylation is 1. The summed E-state index contributed by atoms with van der Waals surface area (Å²) in [4.78, 5) is 3.73. The summed E-state index contributed by atoms with van der Waals surface area (Å²) in [6, 6.07) is -0.177. The van der Waals surface area contributed by atoms with Crippen LogP contribution < -0.4 is 4.72 Å². The van der Waals surface area contributed by atoms with Crippen LogP contribution in [0.1, 0.15) is 24.7 Å². The van der Waals surface area contributed by atoms with Crippen LogP contribution in [-0.2, 0) is 17.1 Å². The van der Waals surface area contributed by atoms with Crippen molar-refractivity contribution in [1.82, 2.24) is 19.7 Å². The van der Waals surface area contributed by atoms with E-state index in [4.69, 9.17) is 16.0 Å². The summed E-state index contributed by atoms with van der Waals surface area (Å²) in [6.45, 7) is 0. The van der Waals surface area contributed by atoms with Crippen molar-refractivity contribution in [2.75, 3.05) is 4.72 Å². The highest BCUT2D eigenvalue weighted by atomic mass is 35.5. The summed E-state index contributed by atoms with van der Waals surface area (Å²) in [6.07, 6.45) is 3.28. The van der Waals surface area contributed by atoms with E-state index in [1.54, 1.807) is 7.05 Å². The fourth-order valence-electron chi connectivity index (χ4n) is 1.51. The fraction of sp³-hybridized carbons (Fsp3) is 0.444. The second kappa shape index (κ2) is 4.20. The second-order valence-corrected chi connectivity index (χ2v) is 6.23. The van der Waals surface area contributed by atoms with E-state index in [0.29, 0.717) is 5.89 Å². The van der Waals surface area contributed by atoms with Crippen LogP contribution in [0.2, 0.25) is 5.15 Å². The van der Waals surface area contributed by atoms with E-state index in [1.165, 1.54) is 10.9 Å². The molecule has 1 aliphatic carbocycles. The van der Waals surface area contributed by atoms with Crippen LogP contribution in [0.4, 0.5) is 6.01 Å². The lowest BCUT2D eigenvalue weighted by molar-refractivity contribution is 0.510. The number of hydrogen-bond donors (Lipinski definition) is 1. The number of halogens is 1. The van der Waals surface area contributed by atoms with Crippen molar-refractivity contribution >= 4 is 27.6 Å². The standard InChI is InChI=1S/C9H10ClN5O3S/c1-15-4-11-8(6(15)10)19(16,17)14-9-13-12-7(18-9)5-2-3-5/h4-5H,2-3H2,1H3,(H,13,14). The fourth-order valence-corrected chi connectivity index (χ4v) is 2.87. The maximum absolute atomic E-state index is 12.0. The van der Waals surface area contributed by atoms with E-state index in [-0.39, 0.29) is 22.1 Å². The molecule has 1 aliphatic rings. The predicted octanol–water partition coefficient (Wildman–Crippen LogP) is 1.13. The van der Waals surface area contributed by atoms with E-state index in [2.05, 4.69) is 19.9 Å². The molecular weight excluding hydrogens is 294 g/mol. The van der Waals surface area contributed by atoms with E-state index < -0.39 is 10.0 Å². The van der Waals surface area contributed by atoms with Gasteiger partial charge in [0.25, 0.3) is 10.0 Å². The minimum Gasteiger partial charge on any atom is -0.407 e. The molecule has 19 heavy (non-hydrogen) atoms. The van der Waals surface area contributed by atoms with E-state index in [9.17, 15) is 8.42 Å². The lowest BCUT2D eigenvalue weighted by Crippen LogP contribution is -2.14. The number of rotatable bonds is 4. The summed E-state index contributed by atoms with van der Waals surface area (Å²) in [5.74, 6) is 0.703. The largest absolute Gasteiger partial charge is 0.407 e. The molecule has 1 saturated carbocycles. The molecule has 0 spiro atoms. The van der Waals surface area contributed by atoms with Crippen LogP contribution in [0.25, 0.3) is 0 Å². The Balaban J connectivity index is 1.86. The molecule has 2 aromatic rings. The van der Waals surface area contributed by atoms with Gasteiger partial charge in [-0.15, -0.1) is 5.10 Å². The van der Waals surface area contributed by atoms with Gasteiger partial charge < -0.3 is 8.98 Å². The summed E-state index contributed by atoms with van der Waals surface area (Å²) < 4.78 is 32.8. The third kappa shape index (κ3) is 2.30. The Morgan fingerprint density at radius 1 is 1.47 bits per heavy atom. The van der Waals surface area contributed by atoms with E-state index >= 15 is 0 Å². The molecule has 0 unspecified atom stereocenters. The van der Waals surface area contributed by atoms with Crippen molar-refractivity contribution in [1.29, 1.82) is 0 Å². The number of anilines is 1. The van der Waals surface area contributed by atoms with Gasteiger partial charge in [0.1, 0.15) is 5.15 Å². The first-order valence-corrected chi connectivity index (χ1v) is 7.36. The third-order valence-electron chi connectivity index (χ3n) is 2.68. The first-order chi connectivity index (χ1) is 8.97. The third-order valence-corrected chi connectivity index (χ3v) is 4.49. The monoisotopic (exact) mass is 303 g/mol. The number of imidazole rings is 1. The molecule has 10 heteroatoms. The molecule has 2 aromatic heterocycles. The van der Waals surface area contributed by atoms with Gasteiger partial charge in [-0.05, 0) is 12.8 Å². The Morgan fingerprint density at radius 3 is 2.79 bits per heavy atom. The minimum absolute atomic E-state index is 0.00873. The predicted molar refractivity (Wildman–Crippen MR) is 65.3 cm³/mol. The van der Waals surface area contributed by atoms with Crippen molar-refractivity contribution in [3.8, 4) is 0 Å². The Bertz CT molecular complexity index is 718. The number of sulfonamides is 1. The van der Waals surface area contributed by atoms with Gasteiger partial charge in [0.15, 0.2) is 0 Å². The lowest BCUT2D eigenvalue weighted by atomic mass is 10.4. The van der Waals surface area contributed by atoms with Gasteiger partial charge in [0.2, 0.25) is 10.9 Å². The molecule has 0 bridgehead atoms. The zero-order chi connectivity index (χ0) is 13.6. The highest BCUT2D eigenvalue weighted by molar-refractivity contribution is 7.92. The van der Waals surface area contributed by atoms with Crippen LogP contribution in [0, 0.1) is 0 Å². The molecule has 0 atom stereocenters. The zero-order valence-corrected chi connectivity index (χ0v) is 11.4. The number of nitrogens with one attached hydrogen (secondary N) is 1. The molecule has 2 heterocycles. The lowest BCUT2D eigenvalue weighted by Gasteiger charge is -2.01. The highest BCUT2D eigenvalue weighted by Crippen LogP contribution is 2.39. The Labute approximate surface area is 113 Å². The van der Waals surface area contributed by atoms with Crippen LogP contribution in [0.3, 0.4) is 0 Å². The quantitative estimate of drug-likeness (QED) is 0.908. The van der Waals surface area contributed by atoms with Crippen LogP contribution in [0.15, 0.2) is 15.8 Å². The summed E-state index contributed by atoms with van der Waals surface area (Å²) in [5, 5.41) is 7.16. The topological polar surface area (TPSA) is 103 Å².